The number of rotatable bonds is 4. The van der Waals surface area contributed by atoms with E-state index in [-0.39, 0.29) is 6.54 Å². The number of anilines is 1. The zero-order valence-corrected chi connectivity index (χ0v) is 12.6. The van der Waals surface area contributed by atoms with E-state index in [1.165, 1.54) is 17.4 Å². The van der Waals surface area contributed by atoms with Gasteiger partial charge in [0, 0.05) is 10.4 Å². The quantitative estimate of drug-likeness (QED) is 0.732. The second-order valence-electron chi connectivity index (χ2n) is 4.72. The summed E-state index contributed by atoms with van der Waals surface area (Å²) in [6.45, 7) is 0.254. The van der Waals surface area contributed by atoms with Crippen molar-refractivity contribution in [2.45, 2.75) is 6.54 Å². The molecule has 3 aromatic rings. The van der Waals surface area contributed by atoms with E-state index in [4.69, 9.17) is 4.42 Å². The van der Waals surface area contributed by atoms with Crippen LogP contribution < -0.4 is 10.6 Å². The van der Waals surface area contributed by atoms with Gasteiger partial charge in [-0.15, -0.1) is 11.3 Å². The second kappa shape index (κ2) is 6.62. The molecule has 4 nitrogen and oxygen atoms in total. The van der Waals surface area contributed by atoms with Crippen LogP contribution in [0.3, 0.4) is 0 Å². The minimum Gasteiger partial charge on any atom is -0.472 e. The number of halogens is 2. The van der Waals surface area contributed by atoms with Gasteiger partial charge < -0.3 is 15.1 Å². The zero-order chi connectivity index (χ0) is 16.2. The maximum Gasteiger partial charge on any atom is 0.319 e. The minimum atomic E-state index is -0.821. The van der Waals surface area contributed by atoms with Crippen LogP contribution >= 0.6 is 11.3 Å². The third kappa shape index (κ3) is 3.57. The number of thiophene rings is 1. The molecule has 0 atom stereocenters. The maximum atomic E-state index is 13.4. The van der Waals surface area contributed by atoms with Crippen molar-refractivity contribution in [2.24, 2.45) is 0 Å². The Hall–Kier alpha value is -2.67. The van der Waals surface area contributed by atoms with Crippen molar-refractivity contribution < 1.29 is 18.0 Å². The van der Waals surface area contributed by atoms with E-state index < -0.39 is 23.4 Å². The van der Waals surface area contributed by atoms with Crippen molar-refractivity contribution in [1.82, 2.24) is 5.32 Å². The van der Waals surface area contributed by atoms with Crippen LogP contribution in [0, 0.1) is 11.6 Å². The fourth-order valence-corrected chi connectivity index (χ4v) is 2.83. The second-order valence-corrected chi connectivity index (χ2v) is 5.71. The molecule has 0 aliphatic rings. The Morgan fingerprint density at radius 1 is 1.17 bits per heavy atom. The summed E-state index contributed by atoms with van der Waals surface area (Å²) in [5.74, 6) is -1.64. The number of carbonyl (C=O) groups is 1. The number of amides is 2. The molecule has 2 N–H and O–H groups in total. The topological polar surface area (TPSA) is 54.3 Å². The van der Waals surface area contributed by atoms with Gasteiger partial charge in [0.05, 0.1) is 19.1 Å². The van der Waals surface area contributed by atoms with Crippen LogP contribution in [0.4, 0.5) is 19.3 Å². The Morgan fingerprint density at radius 2 is 1.96 bits per heavy atom. The lowest BCUT2D eigenvalue weighted by molar-refractivity contribution is 0.251. The molecule has 0 unspecified atom stereocenters. The van der Waals surface area contributed by atoms with Crippen LogP contribution in [0.1, 0.15) is 4.88 Å². The van der Waals surface area contributed by atoms with Gasteiger partial charge in [-0.2, -0.15) is 0 Å². The van der Waals surface area contributed by atoms with Crippen LogP contribution in [-0.4, -0.2) is 6.03 Å². The first-order valence-electron chi connectivity index (χ1n) is 6.72. The predicted octanol–water partition coefficient (Wildman–Crippen LogP) is 4.61. The molecular formula is C16H12F2N2O2S. The smallest absolute Gasteiger partial charge is 0.319 e. The number of urea groups is 1. The third-order valence-electron chi connectivity index (χ3n) is 3.13. The molecule has 0 aliphatic carbocycles. The number of hydrogen-bond donors (Lipinski definition) is 2. The molecule has 2 aromatic heterocycles. The molecular weight excluding hydrogens is 322 g/mol. The van der Waals surface area contributed by atoms with E-state index in [0.717, 1.165) is 28.1 Å². The molecule has 0 fully saturated rings. The molecule has 2 amide bonds. The molecule has 0 saturated carbocycles. The lowest BCUT2D eigenvalue weighted by atomic mass is 10.2. The van der Waals surface area contributed by atoms with Crippen LogP contribution in [0.15, 0.2) is 52.7 Å². The Labute approximate surface area is 134 Å². The summed E-state index contributed by atoms with van der Waals surface area (Å²) >= 11 is 1.47. The monoisotopic (exact) mass is 334 g/mol. The molecule has 0 saturated heterocycles. The third-order valence-corrected chi connectivity index (χ3v) is 4.07. The molecule has 0 aliphatic heterocycles. The maximum absolute atomic E-state index is 13.4. The highest BCUT2D eigenvalue weighted by molar-refractivity contribution is 7.10. The van der Waals surface area contributed by atoms with Gasteiger partial charge in [0.25, 0.3) is 0 Å². The van der Waals surface area contributed by atoms with E-state index in [1.54, 1.807) is 12.5 Å². The minimum absolute atomic E-state index is 0.254. The summed E-state index contributed by atoms with van der Waals surface area (Å²) in [5.41, 5.74) is 1.47. The molecule has 0 spiro atoms. The fraction of sp³-hybridized carbons (Fsp3) is 0.0625. The first-order valence-corrected chi connectivity index (χ1v) is 7.60. The number of furan rings is 1. The molecule has 0 radical (unpaired) electrons. The SMILES string of the molecule is O=C(NCc1cc(-c2ccoc2)cs1)Nc1c(F)cccc1F. The first-order chi connectivity index (χ1) is 11.1. The molecule has 0 bridgehead atoms. The number of para-hydroxylation sites is 1. The number of nitrogens with one attached hydrogen (secondary N) is 2. The summed E-state index contributed by atoms with van der Waals surface area (Å²) in [4.78, 5) is 12.7. The molecule has 2 heterocycles. The van der Waals surface area contributed by atoms with E-state index in [1.807, 2.05) is 17.5 Å². The van der Waals surface area contributed by atoms with Gasteiger partial charge in [-0.05, 0) is 35.2 Å². The van der Waals surface area contributed by atoms with Gasteiger partial charge in [0.15, 0.2) is 0 Å². The van der Waals surface area contributed by atoms with Crippen molar-refractivity contribution in [3.05, 3.63) is 64.7 Å². The average Bonchev–Trinajstić information content (AvgIpc) is 3.19. The van der Waals surface area contributed by atoms with Crippen molar-refractivity contribution in [3.63, 3.8) is 0 Å². The van der Waals surface area contributed by atoms with Crippen molar-refractivity contribution in [3.8, 4) is 11.1 Å². The van der Waals surface area contributed by atoms with Crippen LogP contribution in [0.2, 0.25) is 0 Å². The predicted molar refractivity (Wildman–Crippen MR) is 84.2 cm³/mol. The molecule has 23 heavy (non-hydrogen) atoms. The lowest BCUT2D eigenvalue weighted by Gasteiger charge is -2.08. The number of carbonyl (C=O) groups excluding carboxylic acids is 1. The van der Waals surface area contributed by atoms with E-state index >= 15 is 0 Å². The molecule has 1 aromatic carbocycles. The normalized spacial score (nSPS) is 10.5. The van der Waals surface area contributed by atoms with E-state index in [0.29, 0.717) is 0 Å². The number of benzene rings is 1. The molecule has 118 valence electrons. The van der Waals surface area contributed by atoms with Gasteiger partial charge in [0.2, 0.25) is 0 Å². The number of hydrogen-bond acceptors (Lipinski definition) is 3. The Kier molecular flexibility index (Phi) is 4.38. The average molecular weight is 334 g/mol. The summed E-state index contributed by atoms with van der Waals surface area (Å²) in [6, 6.07) is 6.47. The van der Waals surface area contributed by atoms with Crippen molar-refractivity contribution in [1.29, 1.82) is 0 Å². The van der Waals surface area contributed by atoms with Gasteiger partial charge in [0.1, 0.15) is 17.3 Å². The molecule has 7 heteroatoms. The molecule has 3 rings (SSSR count). The fourth-order valence-electron chi connectivity index (χ4n) is 2.00. The first kappa shape index (κ1) is 15.2. The van der Waals surface area contributed by atoms with Gasteiger partial charge in [-0.25, -0.2) is 13.6 Å². The van der Waals surface area contributed by atoms with Gasteiger partial charge in [-0.1, -0.05) is 6.07 Å². The Morgan fingerprint density at radius 3 is 2.65 bits per heavy atom. The van der Waals surface area contributed by atoms with E-state index in [9.17, 15) is 13.6 Å². The van der Waals surface area contributed by atoms with Crippen LogP contribution in [0.5, 0.6) is 0 Å². The summed E-state index contributed by atoms with van der Waals surface area (Å²) in [5, 5.41) is 6.68. The van der Waals surface area contributed by atoms with Gasteiger partial charge in [-0.3, -0.25) is 0 Å². The highest BCUT2D eigenvalue weighted by Crippen LogP contribution is 2.26. The van der Waals surface area contributed by atoms with E-state index in [2.05, 4.69) is 10.6 Å². The van der Waals surface area contributed by atoms with Crippen molar-refractivity contribution in [2.75, 3.05) is 5.32 Å². The zero-order valence-electron chi connectivity index (χ0n) is 11.8. The summed E-state index contributed by atoms with van der Waals surface area (Å²) in [7, 11) is 0. The van der Waals surface area contributed by atoms with Crippen molar-refractivity contribution >= 4 is 23.1 Å². The van der Waals surface area contributed by atoms with Crippen LogP contribution in [-0.2, 0) is 6.54 Å². The van der Waals surface area contributed by atoms with Gasteiger partial charge >= 0.3 is 6.03 Å². The lowest BCUT2D eigenvalue weighted by Crippen LogP contribution is -2.28. The standard InChI is InChI=1S/C16H12F2N2O2S/c17-13-2-1-3-14(18)15(13)20-16(21)19-7-12-6-11(9-23-12)10-4-5-22-8-10/h1-6,8-9H,7H2,(H2,19,20,21). The highest BCUT2D eigenvalue weighted by atomic mass is 32.1. The Bertz CT molecular complexity index is 795. The Balaban J connectivity index is 1.59. The highest BCUT2D eigenvalue weighted by Gasteiger charge is 2.12. The largest absolute Gasteiger partial charge is 0.472 e. The summed E-state index contributed by atoms with van der Waals surface area (Å²) in [6.07, 6.45) is 3.22. The van der Waals surface area contributed by atoms with Crippen LogP contribution in [0.25, 0.3) is 11.1 Å². The summed E-state index contributed by atoms with van der Waals surface area (Å²) < 4.78 is 31.9.